The van der Waals surface area contributed by atoms with Gasteiger partial charge in [-0.3, -0.25) is 14.9 Å². The molecule has 0 saturated heterocycles. The maximum absolute atomic E-state index is 11.7. The second-order valence-electron chi connectivity index (χ2n) is 3.52. The van der Waals surface area contributed by atoms with E-state index in [1.54, 1.807) is 0 Å². The lowest BCUT2D eigenvalue weighted by molar-refractivity contribution is -0.384. The van der Waals surface area contributed by atoms with Crippen LogP contribution in [0.15, 0.2) is 24.3 Å². The molecule has 7 heteroatoms. The summed E-state index contributed by atoms with van der Waals surface area (Å²) in [6.07, 6.45) is 0. The van der Waals surface area contributed by atoms with E-state index in [1.165, 1.54) is 38.3 Å². The third kappa shape index (κ3) is 3.27. The highest BCUT2D eigenvalue weighted by atomic mass is 16.6. The molecule has 0 aliphatic carbocycles. The van der Waals surface area contributed by atoms with Gasteiger partial charge in [-0.05, 0) is 19.1 Å². The molecule has 1 rings (SSSR count). The van der Waals surface area contributed by atoms with Crippen molar-refractivity contribution < 1.29 is 19.2 Å². The summed E-state index contributed by atoms with van der Waals surface area (Å²) < 4.78 is 4.46. The van der Waals surface area contributed by atoms with Crippen LogP contribution in [-0.4, -0.2) is 30.0 Å². The standard InChI is InChI=1S/C11H12N2O5/c1-7(11(15)18-2)12-10(14)8-3-5-9(6-4-8)13(16)17/h3-7H,1-2H3,(H,12,14)/t7-/m0/s1. The minimum atomic E-state index is -0.780. The fraction of sp³-hybridized carbons (Fsp3) is 0.273. The van der Waals surface area contributed by atoms with Gasteiger partial charge in [0.15, 0.2) is 0 Å². The quantitative estimate of drug-likeness (QED) is 0.487. The van der Waals surface area contributed by atoms with E-state index in [9.17, 15) is 19.7 Å². The number of benzene rings is 1. The monoisotopic (exact) mass is 252 g/mol. The molecule has 0 spiro atoms. The Morgan fingerprint density at radius 2 is 1.89 bits per heavy atom. The normalized spacial score (nSPS) is 11.4. The number of amides is 1. The first-order chi connectivity index (χ1) is 8.45. The number of esters is 1. The Labute approximate surface area is 103 Å². The van der Waals surface area contributed by atoms with Crippen LogP contribution < -0.4 is 5.32 Å². The molecule has 0 aromatic heterocycles. The molecule has 1 amide bonds. The Hall–Kier alpha value is -2.44. The van der Waals surface area contributed by atoms with E-state index in [1.807, 2.05) is 0 Å². The molecule has 1 aromatic carbocycles. The van der Waals surface area contributed by atoms with E-state index in [0.29, 0.717) is 0 Å². The van der Waals surface area contributed by atoms with Gasteiger partial charge in [0.1, 0.15) is 6.04 Å². The molecular weight excluding hydrogens is 240 g/mol. The summed E-state index contributed by atoms with van der Waals surface area (Å²) >= 11 is 0. The van der Waals surface area contributed by atoms with Crippen LogP contribution in [0.2, 0.25) is 0 Å². The molecule has 0 heterocycles. The molecule has 96 valence electrons. The van der Waals surface area contributed by atoms with Crippen LogP contribution in [0.5, 0.6) is 0 Å². The average Bonchev–Trinajstić information content (AvgIpc) is 2.37. The predicted molar refractivity (Wildman–Crippen MR) is 62.0 cm³/mol. The maximum Gasteiger partial charge on any atom is 0.328 e. The number of methoxy groups -OCH3 is 1. The number of non-ortho nitro benzene ring substituents is 1. The first-order valence-electron chi connectivity index (χ1n) is 5.09. The van der Waals surface area contributed by atoms with E-state index in [4.69, 9.17) is 0 Å². The number of nitrogens with one attached hydrogen (secondary N) is 1. The fourth-order valence-corrected chi connectivity index (χ4v) is 1.25. The molecule has 0 aliphatic heterocycles. The number of rotatable bonds is 4. The summed E-state index contributed by atoms with van der Waals surface area (Å²) in [6.45, 7) is 1.48. The predicted octanol–water partition coefficient (Wildman–Crippen LogP) is 0.886. The second-order valence-corrected chi connectivity index (χ2v) is 3.52. The zero-order chi connectivity index (χ0) is 13.7. The highest BCUT2D eigenvalue weighted by Crippen LogP contribution is 2.11. The van der Waals surface area contributed by atoms with Crippen molar-refractivity contribution in [1.29, 1.82) is 0 Å². The van der Waals surface area contributed by atoms with Crippen LogP contribution in [0.1, 0.15) is 17.3 Å². The zero-order valence-corrected chi connectivity index (χ0v) is 9.88. The minimum absolute atomic E-state index is 0.104. The number of carbonyl (C=O) groups is 2. The molecular formula is C11H12N2O5. The lowest BCUT2D eigenvalue weighted by atomic mass is 10.2. The molecule has 18 heavy (non-hydrogen) atoms. The fourth-order valence-electron chi connectivity index (χ4n) is 1.25. The summed E-state index contributed by atoms with van der Waals surface area (Å²) in [5, 5.41) is 12.8. The molecule has 0 saturated carbocycles. The molecule has 0 radical (unpaired) electrons. The first kappa shape index (κ1) is 13.6. The highest BCUT2D eigenvalue weighted by molar-refractivity contribution is 5.96. The summed E-state index contributed by atoms with van der Waals surface area (Å²) in [7, 11) is 1.22. The number of carbonyl (C=O) groups excluding carboxylic acids is 2. The van der Waals surface area contributed by atoms with Crippen molar-refractivity contribution in [2.24, 2.45) is 0 Å². The van der Waals surface area contributed by atoms with Crippen molar-refractivity contribution in [3.63, 3.8) is 0 Å². The zero-order valence-electron chi connectivity index (χ0n) is 9.88. The van der Waals surface area contributed by atoms with Gasteiger partial charge in [0.05, 0.1) is 12.0 Å². The van der Waals surface area contributed by atoms with Crippen LogP contribution in [0.25, 0.3) is 0 Å². The van der Waals surface area contributed by atoms with E-state index in [2.05, 4.69) is 10.1 Å². The van der Waals surface area contributed by atoms with E-state index >= 15 is 0 Å². The molecule has 1 N–H and O–H groups in total. The van der Waals surface area contributed by atoms with Crippen LogP contribution in [0.4, 0.5) is 5.69 Å². The molecule has 1 atom stereocenters. The van der Waals surface area contributed by atoms with Gasteiger partial charge in [-0.25, -0.2) is 4.79 Å². The summed E-state index contributed by atoms with van der Waals surface area (Å²) in [4.78, 5) is 32.6. The van der Waals surface area contributed by atoms with Gasteiger partial charge >= 0.3 is 5.97 Å². The van der Waals surface area contributed by atoms with Gasteiger partial charge in [-0.1, -0.05) is 0 Å². The number of nitro groups is 1. The third-order valence-corrected chi connectivity index (χ3v) is 2.24. The van der Waals surface area contributed by atoms with Gasteiger partial charge in [0, 0.05) is 17.7 Å². The number of nitro benzene ring substituents is 1. The largest absolute Gasteiger partial charge is 0.467 e. The lowest BCUT2D eigenvalue weighted by Crippen LogP contribution is -2.39. The minimum Gasteiger partial charge on any atom is -0.467 e. The highest BCUT2D eigenvalue weighted by Gasteiger charge is 2.17. The average molecular weight is 252 g/mol. The van der Waals surface area contributed by atoms with Crippen molar-refractivity contribution in [1.82, 2.24) is 5.32 Å². The topological polar surface area (TPSA) is 98.5 Å². The van der Waals surface area contributed by atoms with Gasteiger partial charge in [-0.15, -0.1) is 0 Å². The Kier molecular flexibility index (Phi) is 4.36. The van der Waals surface area contributed by atoms with Crippen molar-refractivity contribution in [2.45, 2.75) is 13.0 Å². The summed E-state index contributed by atoms with van der Waals surface area (Å²) in [5.74, 6) is -1.06. The molecule has 7 nitrogen and oxygen atoms in total. The Morgan fingerprint density at radius 1 is 1.33 bits per heavy atom. The summed E-state index contributed by atoms with van der Waals surface area (Å²) in [5.41, 5.74) is 0.129. The second kappa shape index (κ2) is 5.76. The Bertz CT molecular complexity index is 469. The lowest BCUT2D eigenvalue weighted by Gasteiger charge is -2.11. The molecule has 1 aromatic rings. The number of hydrogen-bond acceptors (Lipinski definition) is 5. The SMILES string of the molecule is COC(=O)[C@H](C)NC(=O)c1ccc([N+](=O)[O-])cc1. The van der Waals surface area contributed by atoms with Gasteiger partial charge in [0.25, 0.3) is 11.6 Å². The molecule has 0 bridgehead atoms. The van der Waals surface area contributed by atoms with Gasteiger partial charge in [0.2, 0.25) is 0 Å². The van der Waals surface area contributed by atoms with Crippen LogP contribution in [0, 0.1) is 10.1 Å². The number of hydrogen-bond donors (Lipinski definition) is 1. The van der Waals surface area contributed by atoms with E-state index in [-0.39, 0.29) is 11.3 Å². The van der Waals surface area contributed by atoms with E-state index in [0.717, 1.165) is 0 Å². The van der Waals surface area contributed by atoms with Crippen LogP contribution >= 0.6 is 0 Å². The van der Waals surface area contributed by atoms with Crippen LogP contribution in [0.3, 0.4) is 0 Å². The van der Waals surface area contributed by atoms with Crippen molar-refractivity contribution in [3.8, 4) is 0 Å². The van der Waals surface area contributed by atoms with Gasteiger partial charge < -0.3 is 10.1 Å². The Morgan fingerprint density at radius 3 is 2.33 bits per heavy atom. The molecule has 0 aliphatic rings. The van der Waals surface area contributed by atoms with Crippen molar-refractivity contribution in [2.75, 3.05) is 7.11 Å². The Balaban J connectivity index is 2.73. The van der Waals surface area contributed by atoms with Crippen molar-refractivity contribution in [3.05, 3.63) is 39.9 Å². The third-order valence-electron chi connectivity index (χ3n) is 2.24. The first-order valence-corrected chi connectivity index (χ1v) is 5.09. The van der Waals surface area contributed by atoms with E-state index < -0.39 is 22.8 Å². The molecule has 0 unspecified atom stereocenters. The number of ether oxygens (including phenoxy) is 1. The number of nitrogens with zero attached hydrogens (tertiary/aromatic N) is 1. The smallest absolute Gasteiger partial charge is 0.328 e. The molecule has 0 fully saturated rings. The van der Waals surface area contributed by atoms with Gasteiger partial charge in [-0.2, -0.15) is 0 Å². The summed E-state index contributed by atoms with van der Waals surface area (Å²) in [6, 6.07) is 4.29. The maximum atomic E-state index is 11.7. The van der Waals surface area contributed by atoms with Crippen LogP contribution in [-0.2, 0) is 9.53 Å². The van der Waals surface area contributed by atoms with Crippen molar-refractivity contribution >= 4 is 17.6 Å².